The van der Waals surface area contributed by atoms with E-state index in [9.17, 15) is 4.79 Å². The Hall–Kier alpha value is -0.420. The number of hydrogen-bond donors (Lipinski definition) is 2. The molecule has 6 heteroatoms. The van der Waals surface area contributed by atoms with Gasteiger partial charge in [0.2, 0.25) is 0 Å². The van der Waals surface area contributed by atoms with Gasteiger partial charge in [0, 0.05) is 4.90 Å². The zero-order valence-electron chi connectivity index (χ0n) is 10.4. The van der Waals surface area contributed by atoms with Crippen molar-refractivity contribution in [1.82, 2.24) is 5.32 Å². The second-order valence-electron chi connectivity index (χ2n) is 4.46. The lowest BCUT2D eigenvalue weighted by molar-refractivity contribution is 0.0869. The highest BCUT2D eigenvalue weighted by Gasteiger charge is 2.22. The first-order valence-corrected chi connectivity index (χ1v) is 7.25. The van der Waals surface area contributed by atoms with Crippen molar-refractivity contribution in [2.45, 2.75) is 24.3 Å². The summed E-state index contributed by atoms with van der Waals surface area (Å²) in [6.45, 7) is 3.30. The molecule has 0 aliphatic heterocycles. The van der Waals surface area contributed by atoms with Gasteiger partial charge in [-0.1, -0.05) is 23.2 Å². The summed E-state index contributed by atoms with van der Waals surface area (Å²) in [5.41, 5.74) is -0.341. The molecule has 0 saturated heterocycles. The van der Waals surface area contributed by atoms with E-state index < -0.39 is 5.54 Å². The zero-order valence-corrected chi connectivity index (χ0v) is 12.7. The summed E-state index contributed by atoms with van der Waals surface area (Å²) in [6, 6.07) is 3.20. The van der Waals surface area contributed by atoms with E-state index in [4.69, 9.17) is 28.3 Å². The molecule has 1 aromatic carbocycles. The molecule has 0 fully saturated rings. The highest BCUT2D eigenvalue weighted by Crippen LogP contribution is 2.31. The van der Waals surface area contributed by atoms with Crippen LogP contribution in [0, 0.1) is 0 Å². The van der Waals surface area contributed by atoms with Crippen LogP contribution in [0.2, 0.25) is 10.0 Å². The number of carbonyl (C=O) groups excluding carboxylic acids is 1. The third kappa shape index (κ3) is 3.79. The fourth-order valence-electron chi connectivity index (χ4n) is 1.27. The van der Waals surface area contributed by atoms with Crippen molar-refractivity contribution >= 4 is 40.9 Å². The predicted octanol–water partition coefficient (Wildman–Crippen LogP) is 3.22. The third-order valence-corrected chi connectivity index (χ3v) is 3.85. The standard InChI is InChI=1S/C12H15Cl2NO2S/c1-12(2,6-16)15-11(17)7-4-10(18-3)9(14)5-8(7)13/h4-5,16H,6H2,1-3H3,(H,15,17). The lowest BCUT2D eigenvalue weighted by Gasteiger charge is -2.23. The summed E-state index contributed by atoms with van der Waals surface area (Å²) < 4.78 is 0. The number of rotatable bonds is 4. The molecule has 0 saturated carbocycles. The maximum Gasteiger partial charge on any atom is 0.253 e. The van der Waals surface area contributed by atoms with Crippen LogP contribution in [0.4, 0.5) is 0 Å². The highest BCUT2D eigenvalue weighted by molar-refractivity contribution is 7.98. The molecule has 0 aliphatic carbocycles. The highest BCUT2D eigenvalue weighted by atomic mass is 35.5. The molecule has 1 rings (SSSR count). The molecule has 0 unspecified atom stereocenters. The number of hydrogen-bond acceptors (Lipinski definition) is 3. The smallest absolute Gasteiger partial charge is 0.253 e. The van der Waals surface area contributed by atoms with E-state index in [1.54, 1.807) is 26.0 Å². The quantitative estimate of drug-likeness (QED) is 0.840. The van der Waals surface area contributed by atoms with Gasteiger partial charge in [0.25, 0.3) is 5.91 Å². The van der Waals surface area contributed by atoms with Crippen LogP contribution in [0.5, 0.6) is 0 Å². The van der Waals surface area contributed by atoms with Gasteiger partial charge in [-0.2, -0.15) is 0 Å². The van der Waals surface area contributed by atoms with E-state index in [2.05, 4.69) is 5.32 Å². The molecule has 0 heterocycles. The monoisotopic (exact) mass is 307 g/mol. The van der Waals surface area contributed by atoms with Crippen LogP contribution in [-0.2, 0) is 0 Å². The minimum atomic E-state index is -0.695. The number of halogens is 2. The number of carbonyl (C=O) groups is 1. The fourth-order valence-corrected chi connectivity index (χ4v) is 2.46. The Balaban J connectivity index is 3.06. The predicted molar refractivity (Wildman–Crippen MR) is 76.9 cm³/mol. The van der Waals surface area contributed by atoms with E-state index in [0.717, 1.165) is 4.90 Å². The summed E-state index contributed by atoms with van der Waals surface area (Å²) in [7, 11) is 0. The van der Waals surface area contributed by atoms with Crippen molar-refractivity contribution in [3.8, 4) is 0 Å². The summed E-state index contributed by atoms with van der Waals surface area (Å²) >= 11 is 13.4. The molecule has 1 amide bonds. The number of thioether (sulfide) groups is 1. The topological polar surface area (TPSA) is 49.3 Å². The molecular formula is C12H15Cl2NO2S. The van der Waals surface area contributed by atoms with E-state index in [1.807, 2.05) is 6.26 Å². The lowest BCUT2D eigenvalue weighted by Crippen LogP contribution is -2.46. The first-order valence-electron chi connectivity index (χ1n) is 5.27. The van der Waals surface area contributed by atoms with Gasteiger partial charge in [0.15, 0.2) is 0 Å². The van der Waals surface area contributed by atoms with Crippen molar-refractivity contribution in [1.29, 1.82) is 0 Å². The largest absolute Gasteiger partial charge is 0.394 e. The molecule has 0 aromatic heterocycles. The Bertz CT molecular complexity index is 464. The summed E-state index contributed by atoms with van der Waals surface area (Å²) in [6.07, 6.45) is 1.87. The van der Waals surface area contributed by atoms with Crippen LogP contribution in [0.15, 0.2) is 17.0 Å². The van der Waals surface area contributed by atoms with Gasteiger partial charge in [-0.05, 0) is 32.2 Å². The Morgan fingerprint density at radius 2 is 2.00 bits per heavy atom. The van der Waals surface area contributed by atoms with Crippen molar-refractivity contribution in [2.75, 3.05) is 12.9 Å². The maximum atomic E-state index is 12.1. The molecule has 100 valence electrons. The van der Waals surface area contributed by atoms with E-state index in [-0.39, 0.29) is 12.5 Å². The molecule has 1 aromatic rings. The third-order valence-electron chi connectivity index (χ3n) is 2.33. The van der Waals surface area contributed by atoms with Crippen molar-refractivity contribution in [3.05, 3.63) is 27.7 Å². The lowest BCUT2D eigenvalue weighted by atomic mass is 10.1. The molecule has 0 atom stereocenters. The van der Waals surface area contributed by atoms with Gasteiger partial charge in [-0.25, -0.2) is 0 Å². The van der Waals surface area contributed by atoms with Crippen LogP contribution in [0.1, 0.15) is 24.2 Å². The van der Waals surface area contributed by atoms with Crippen LogP contribution in [-0.4, -0.2) is 29.4 Å². The maximum absolute atomic E-state index is 12.1. The van der Waals surface area contributed by atoms with Gasteiger partial charge in [0.05, 0.1) is 27.8 Å². The second kappa shape index (κ2) is 6.15. The summed E-state index contributed by atoms with van der Waals surface area (Å²) in [5.74, 6) is -0.328. The molecule has 0 radical (unpaired) electrons. The Kier molecular flexibility index (Phi) is 5.34. The van der Waals surface area contributed by atoms with Crippen LogP contribution >= 0.6 is 35.0 Å². The van der Waals surface area contributed by atoms with Crippen molar-refractivity contribution in [2.24, 2.45) is 0 Å². The fraction of sp³-hybridized carbons (Fsp3) is 0.417. The van der Waals surface area contributed by atoms with Crippen LogP contribution in [0.3, 0.4) is 0 Å². The number of nitrogens with one attached hydrogen (secondary N) is 1. The Morgan fingerprint density at radius 1 is 1.39 bits per heavy atom. The number of aliphatic hydroxyl groups is 1. The number of amides is 1. The van der Waals surface area contributed by atoms with Gasteiger partial charge >= 0.3 is 0 Å². The van der Waals surface area contributed by atoms with Crippen LogP contribution < -0.4 is 5.32 Å². The molecule has 3 nitrogen and oxygen atoms in total. The van der Waals surface area contributed by atoms with E-state index >= 15 is 0 Å². The molecule has 18 heavy (non-hydrogen) atoms. The van der Waals surface area contributed by atoms with Crippen molar-refractivity contribution in [3.63, 3.8) is 0 Å². The molecular weight excluding hydrogens is 293 g/mol. The Morgan fingerprint density at radius 3 is 2.50 bits per heavy atom. The van der Waals surface area contributed by atoms with E-state index in [1.165, 1.54) is 11.8 Å². The Labute approximate surface area is 121 Å². The molecule has 0 aliphatic rings. The van der Waals surface area contributed by atoms with Gasteiger partial charge in [-0.3, -0.25) is 4.79 Å². The van der Waals surface area contributed by atoms with Gasteiger partial charge < -0.3 is 10.4 Å². The second-order valence-corrected chi connectivity index (χ2v) is 6.13. The van der Waals surface area contributed by atoms with Crippen molar-refractivity contribution < 1.29 is 9.90 Å². The molecule has 0 bridgehead atoms. The van der Waals surface area contributed by atoms with E-state index in [0.29, 0.717) is 15.6 Å². The normalized spacial score (nSPS) is 11.4. The summed E-state index contributed by atoms with van der Waals surface area (Å²) in [4.78, 5) is 12.8. The number of benzene rings is 1. The average molecular weight is 308 g/mol. The van der Waals surface area contributed by atoms with Gasteiger partial charge in [0.1, 0.15) is 0 Å². The molecule has 0 spiro atoms. The average Bonchev–Trinajstić information content (AvgIpc) is 2.28. The number of aliphatic hydroxyl groups excluding tert-OH is 1. The minimum absolute atomic E-state index is 0.153. The van der Waals surface area contributed by atoms with Crippen LogP contribution in [0.25, 0.3) is 0 Å². The minimum Gasteiger partial charge on any atom is -0.394 e. The first kappa shape index (κ1) is 15.6. The first-order chi connectivity index (χ1) is 8.30. The SMILES string of the molecule is CSc1cc(C(=O)NC(C)(C)CO)c(Cl)cc1Cl. The summed E-state index contributed by atoms with van der Waals surface area (Å²) in [5, 5.41) is 12.7. The zero-order chi connectivity index (χ0) is 13.9. The molecule has 2 N–H and O–H groups in total. The van der Waals surface area contributed by atoms with Gasteiger partial charge in [-0.15, -0.1) is 11.8 Å².